The first-order chi connectivity index (χ1) is 15.1. The molecule has 8 heteroatoms. The van der Waals surface area contributed by atoms with E-state index in [0.717, 1.165) is 31.4 Å². The summed E-state index contributed by atoms with van der Waals surface area (Å²) in [5.74, 6) is 0.967. The predicted octanol–water partition coefficient (Wildman–Crippen LogP) is 3.36. The van der Waals surface area contributed by atoms with Crippen LogP contribution >= 0.6 is 12.2 Å². The summed E-state index contributed by atoms with van der Waals surface area (Å²) >= 11 is 5.09. The van der Waals surface area contributed by atoms with E-state index in [1.807, 2.05) is 30.3 Å². The van der Waals surface area contributed by atoms with Gasteiger partial charge in [0.25, 0.3) is 5.91 Å². The van der Waals surface area contributed by atoms with Gasteiger partial charge in [-0.15, -0.1) is 0 Å². The van der Waals surface area contributed by atoms with Crippen molar-refractivity contribution in [1.82, 2.24) is 16.2 Å². The molecule has 0 radical (unpaired) electrons. The minimum absolute atomic E-state index is 0.00499. The summed E-state index contributed by atoms with van der Waals surface area (Å²) in [6.45, 7) is 0.800. The van der Waals surface area contributed by atoms with Crippen LogP contribution in [0.5, 0.6) is 11.5 Å². The zero-order chi connectivity index (χ0) is 21.9. The van der Waals surface area contributed by atoms with Gasteiger partial charge >= 0.3 is 0 Å². The standard InChI is InChI=1S/C23H27N3O4S/c27-21(24-23(31)26-25-22(28)17-7-3-1-4-8-17)18-11-13-20(14-12-18)30-16-15-29-19-9-5-2-6-10-19/h2,5-6,9-14,17H,1,3-4,7-8,15-16H2,(H,25,28)(H2,24,26,27,31). The van der Waals surface area contributed by atoms with E-state index in [9.17, 15) is 9.59 Å². The van der Waals surface area contributed by atoms with Crippen molar-refractivity contribution >= 4 is 29.1 Å². The number of benzene rings is 2. The van der Waals surface area contributed by atoms with Crippen molar-refractivity contribution in [3.63, 3.8) is 0 Å². The SMILES string of the molecule is O=C(NC(=S)NNC(=O)C1CCCCC1)c1ccc(OCCOc2ccccc2)cc1. The second-order valence-corrected chi connectivity index (χ2v) is 7.68. The molecule has 0 heterocycles. The van der Waals surface area contributed by atoms with Crippen molar-refractivity contribution < 1.29 is 19.1 Å². The number of amides is 2. The number of hydrogen-bond donors (Lipinski definition) is 3. The Kier molecular flexibility index (Phi) is 8.66. The van der Waals surface area contributed by atoms with Gasteiger partial charge in [0.1, 0.15) is 24.7 Å². The van der Waals surface area contributed by atoms with Crippen LogP contribution in [0.2, 0.25) is 0 Å². The monoisotopic (exact) mass is 441 g/mol. The molecule has 7 nitrogen and oxygen atoms in total. The lowest BCUT2D eigenvalue weighted by atomic mass is 9.89. The Morgan fingerprint density at radius 3 is 2.10 bits per heavy atom. The molecule has 0 saturated heterocycles. The first-order valence-electron chi connectivity index (χ1n) is 10.4. The number of rotatable bonds is 7. The highest BCUT2D eigenvalue weighted by Crippen LogP contribution is 2.23. The second kappa shape index (κ2) is 11.9. The molecule has 2 aromatic carbocycles. The number of nitrogens with one attached hydrogen (secondary N) is 3. The summed E-state index contributed by atoms with van der Waals surface area (Å²) < 4.78 is 11.2. The number of para-hydroxylation sites is 1. The van der Waals surface area contributed by atoms with Crippen LogP contribution < -0.4 is 25.6 Å². The van der Waals surface area contributed by atoms with E-state index in [4.69, 9.17) is 21.7 Å². The molecule has 1 saturated carbocycles. The largest absolute Gasteiger partial charge is 0.490 e. The molecule has 1 aliphatic rings. The van der Waals surface area contributed by atoms with Crippen molar-refractivity contribution in [3.05, 3.63) is 60.2 Å². The summed E-state index contributed by atoms with van der Waals surface area (Å²) in [4.78, 5) is 24.4. The van der Waals surface area contributed by atoms with Crippen molar-refractivity contribution in [2.75, 3.05) is 13.2 Å². The van der Waals surface area contributed by atoms with E-state index in [1.54, 1.807) is 24.3 Å². The molecular formula is C23H27N3O4S. The molecule has 2 aromatic rings. The molecule has 164 valence electrons. The Balaban J connectivity index is 1.36. The summed E-state index contributed by atoms with van der Waals surface area (Å²) in [5.41, 5.74) is 5.61. The quantitative estimate of drug-likeness (QED) is 0.347. The normalized spacial score (nSPS) is 13.7. The van der Waals surface area contributed by atoms with Gasteiger partial charge in [-0.3, -0.25) is 25.8 Å². The molecule has 0 aromatic heterocycles. The van der Waals surface area contributed by atoms with E-state index in [-0.39, 0.29) is 22.8 Å². The fourth-order valence-corrected chi connectivity index (χ4v) is 3.47. The van der Waals surface area contributed by atoms with Crippen molar-refractivity contribution in [2.45, 2.75) is 32.1 Å². The average Bonchev–Trinajstić information content (AvgIpc) is 2.82. The molecular weight excluding hydrogens is 414 g/mol. The fraction of sp³-hybridized carbons (Fsp3) is 0.348. The third-order valence-electron chi connectivity index (χ3n) is 4.98. The van der Waals surface area contributed by atoms with Gasteiger partial charge in [-0.2, -0.15) is 0 Å². The van der Waals surface area contributed by atoms with Gasteiger partial charge in [-0.25, -0.2) is 0 Å². The van der Waals surface area contributed by atoms with Crippen molar-refractivity contribution in [2.24, 2.45) is 5.92 Å². The molecule has 0 aliphatic heterocycles. The van der Waals surface area contributed by atoms with E-state index in [0.29, 0.717) is 24.5 Å². The first-order valence-corrected chi connectivity index (χ1v) is 10.8. The fourth-order valence-electron chi connectivity index (χ4n) is 3.33. The van der Waals surface area contributed by atoms with Crippen LogP contribution in [0.4, 0.5) is 0 Å². The highest BCUT2D eigenvalue weighted by Gasteiger charge is 2.21. The first kappa shape index (κ1) is 22.6. The molecule has 31 heavy (non-hydrogen) atoms. The molecule has 3 N–H and O–H groups in total. The average molecular weight is 442 g/mol. The van der Waals surface area contributed by atoms with Gasteiger partial charge < -0.3 is 9.47 Å². The predicted molar refractivity (Wildman–Crippen MR) is 122 cm³/mol. The van der Waals surface area contributed by atoms with Crippen molar-refractivity contribution in [1.29, 1.82) is 0 Å². The number of hydrogen-bond acceptors (Lipinski definition) is 5. The molecule has 2 amide bonds. The molecule has 0 bridgehead atoms. The number of ether oxygens (including phenoxy) is 2. The lowest BCUT2D eigenvalue weighted by Crippen LogP contribution is -2.50. The summed E-state index contributed by atoms with van der Waals surface area (Å²) in [6, 6.07) is 16.2. The van der Waals surface area contributed by atoms with Crippen LogP contribution in [-0.4, -0.2) is 30.1 Å². The molecule has 0 spiro atoms. The topological polar surface area (TPSA) is 88.7 Å². The lowest BCUT2D eigenvalue weighted by molar-refractivity contribution is -0.126. The van der Waals surface area contributed by atoms with Crippen LogP contribution in [0, 0.1) is 5.92 Å². The number of carbonyl (C=O) groups is 2. The number of carbonyl (C=O) groups excluding carboxylic acids is 2. The van der Waals surface area contributed by atoms with Gasteiger partial charge in [-0.05, 0) is 61.5 Å². The van der Waals surface area contributed by atoms with Gasteiger partial charge in [0.05, 0.1) is 0 Å². The smallest absolute Gasteiger partial charge is 0.257 e. The van der Waals surface area contributed by atoms with Gasteiger partial charge in [-0.1, -0.05) is 37.5 Å². The van der Waals surface area contributed by atoms with Gasteiger partial charge in [0.2, 0.25) is 5.91 Å². The van der Waals surface area contributed by atoms with E-state index >= 15 is 0 Å². The highest BCUT2D eigenvalue weighted by molar-refractivity contribution is 7.80. The molecule has 1 aliphatic carbocycles. The minimum atomic E-state index is -0.372. The van der Waals surface area contributed by atoms with E-state index in [1.165, 1.54) is 6.42 Å². The zero-order valence-electron chi connectivity index (χ0n) is 17.3. The molecule has 1 fully saturated rings. The number of thiocarbonyl (C=S) groups is 1. The van der Waals surface area contributed by atoms with E-state index in [2.05, 4.69) is 16.2 Å². The minimum Gasteiger partial charge on any atom is -0.490 e. The Labute approximate surface area is 187 Å². The maximum Gasteiger partial charge on any atom is 0.257 e. The van der Waals surface area contributed by atoms with E-state index < -0.39 is 0 Å². The van der Waals surface area contributed by atoms with Crippen LogP contribution in [0.1, 0.15) is 42.5 Å². The number of hydrazine groups is 1. The maximum atomic E-state index is 12.3. The van der Waals surface area contributed by atoms with Gasteiger partial charge in [0, 0.05) is 11.5 Å². The third kappa shape index (κ3) is 7.57. The van der Waals surface area contributed by atoms with Crippen LogP contribution in [0.3, 0.4) is 0 Å². The summed E-state index contributed by atoms with van der Waals surface area (Å²) in [7, 11) is 0. The molecule has 0 unspecified atom stereocenters. The summed E-state index contributed by atoms with van der Waals surface area (Å²) in [5, 5.41) is 2.60. The molecule has 3 rings (SSSR count). The Morgan fingerprint density at radius 2 is 1.45 bits per heavy atom. The maximum absolute atomic E-state index is 12.3. The molecule has 0 atom stereocenters. The second-order valence-electron chi connectivity index (χ2n) is 7.27. The van der Waals surface area contributed by atoms with Crippen molar-refractivity contribution in [3.8, 4) is 11.5 Å². The highest BCUT2D eigenvalue weighted by atomic mass is 32.1. The van der Waals surface area contributed by atoms with Crippen LogP contribution in [0.15, 0.2) is 54.6 Å². The van der Waals surface area contributed by atoms with Crippen LogP contribution in [-0.2, 0) is 4.79 Å². The Bertz CT molecular complexity index is 868. The third-order valence-corrected chi connectivity index (χ3v) is 5.19. The Morgan fingerprint density at radius 1 is 0.839 bits per heavy atom. The Hall–Kier alpha value is -3.13. The summed E-state index contributed by atoms with van der Waals surface area (Å²) in [6.07, 6.45) is 5.09. The lowest BCUT2D eigenvalue weighted by Gasteiger charge is -2.21. The van der Waals surface area contributed by atoms with Gasteiger partial charge in [0.15, 0.2) is 5.11 Å². The van der Waals surface area contributed by atoms with Crippen LogP contribution in [0.25, 0.3) is 0 Å². The zero-order valence-corrected chi connectivity index (χ0v) is 18.1.